The molecule has 1 rings (SSSR count). The highest BCUT2D eigenvalue weighted by atomic mass is 19.1. The molecule has 0 amide bonds. The van der Waals surface area contributed by atoms with E-state index in [1.165, 1.54) is 13.0 Å². The van der Waals surface area contributed by atoms with E-state index in [9.17, 15) is 14.5 Å². The van der Waals surface area contributed by atoms with Crippen LogP contribution in [0.15, 0.2) is 12.1 Å². The Morgan fingerprint density at radius 3 is 2.67 bits per heavy atom. The van der Waals surface area contributed by atoms with Gasteiger partial charge in [0.05, 0.1) is 16.9 Å². The fourth-order valence-electron chi connectivity index (χ4n) is 1.29. The summed E-state index contributed by atoms with van der Waals surface area (Å²) < 4.78 is 13.5. The number of benzene rings is 1. The molecule has 78 valence electrons. The standard InChI is InChI=1S/C10H9FN2O2/c1-6-3-8(7(2)5-12)10(11)9(4-6)13(14)15/h3-4,7H,1-2H3. The Bertz CT molecular complexity index is 451. The van der Waals surface area contributed by atoms with E-state index in [-0.39, 0.29) is 5.56 Å². The molecule has 0 aliphatic rings. The normalized spacial score (nSPS) is 11.9. The topological polar surface area (TPSA) is 66.9 Å². The summed E-state index contributed by atoms with van der Waals surface area (Å²) in [6, 6.07) is 4.46. The first-order valence-electron chi connectivity index (χ1n) is 4.31. The van der Waals surface area contributed by atoms with Gasteiger partial charge < -0.3 is 0 Å². The maximum atomic E-state index is 13.5. The van der Waals surface area contributed by atoms with Gasteiger partial charge in [0.2, 0.25) is 5.82 Å². The van der Waals surface area contributed by atoms with Crippen molar-refractivity contribution in [2.75, 3.05) is 0 Å². The molecule has 0 bridgehead atoms. The highest BCUT2D eigenvalue weighted by molar-refractivity contribution is 5.43. The average molecular weight is 208 g/mol. The van der Waals surface area contributed by atoms with Crippen molar-refractivity contribution in [1.29, 1.82) is 5.26 Å². The molecule has 0 saturated heterocycles. The van der Waals surface area contributed by atoms with Crippen molar-refractivity contribution >= 4 is 5.69 Å². The number of rotatable bonds is 2. The van der Waals surface area contributed by atoms with Crippen molar-refractivity contribution in [1.82, 2.24) is 0 Å². The van der Waals surface area contributed by atoms with Gasteiger partial charge >= 0.3 is 5.69 Å². The predicted octanol–water partition coefficient (Wildman–Crippen LogP) is 2.67. The first-order chi connectivity index (χ1) is 6.97. The van der Waals surface area contributed by atoms with Crippen LogP contribution in [0.5, 0.6) is 0 Å². The second kappa shape index (κ2) is 4.05. The van der Waals surface area contributed by atoms with E-state index < -0.39 is 22.3 Å². The molecule has 0 spiro atoms. The fourth-order valence-corrected chi connectivity index (χ4v) is 1.29. The lowest BCUT2D eigenvalue weighted by Crippen LogP contribution is -2.01. The number of aryl methyl sites for hydroxylation is 1. The summed E-state index contributed by atoms with van der Waals surface area (Å²) >= 11 is 0. The van der Waals surface area contributed by atoms with Gasteiger partial charge in [-0.15, -0.1) is 0 Å². The van der Waals surface area contributed by atoms with Crippen LogP contribution < -0.4 is 0 Å². The lowest BCUT2D eigenvalue weighted by Gasteiger charge is -2.06. The summed E-state index contributed by atoms with van der Waals surface area (Å²) in [6.07, 6.45) is 0. The second-order valence-corrected chi connectivity index (χ2v) is 3.30. The predicted molar refractivity (Wildman–Crippen MR) is 51.8 cm³/mol. The van der Waals surface area contributed by atoms with Crippen LogP contribution in [0.3, 0.4) is 0 Å². The molecule has 4 nitrogen and oxygen atoms in total. The zero-order valence-electron chi connectivity index (χ0n) is 8.32. The first kappa shape index (κ1) is 11.1. The van der Waals surface area contributed by atoms with Crippen LogP contribution in [0, 0.1) is 34.2 Å². The Hall–Kier alpha value is -1.96. The monoisotopic (exact) mass is 208 g/mol. The number of nitriles is 1. The van der Waals surface area contributed by atoms with E-state index in [4.69, 9.17) is 5.26 Å². The molecule has 0 aliphatic carbocycles. The summed E-state index contributed by atoms with van der Waals surface area (Å²) in [5, 5.41) is 19.2. The van der Waals surface area contributed by atoms with Crippen LogP contribution in [0.1, 0.15) is 24.0 Å². The van der Waals surface area contributed by atoms with E-state index in [1.807, 2.05) is 6.07 Å². The number of nitro benzene ring substituents is 1. The summed E-state index contributed by atoms with van der Waals surface area (Å²) in [4.78, 5) is 9.74. The molecule has 0 radical (unpaired) electrons. The Labute approximate surface area is 86.1 Å². The smallest absolute Gasteiger partial charge is 0.258 e. The van der Waals surface area contributed by atoms with E-state index in [0.717, 1.165) is 6.07 Å². The average Bonchev–Trinajstić information content (AvgIpc) is 2.19. The molecule has 1 aromatic rings. The van der Waals surface area contributed by atoms with E-state index >= 15 is 0 Å². The third-order valence-corrected chi connectivity index (χ3v) is 2.08. The van der Waals surface area contributed by atoms with Gasteiger partial charge in [0.15, 0.2) is 0 Å². The second-order valence-electron chi connectivity index (χ2n) is 3.30. The van der Waals surface area contributed by atoms with Crippen molar-refractivity contribution in [3.63, 3.8) is 0 Å². The minimum atomic E-state index is -0.917. The van der Waals surface area contributed by atoms with Crippen molar-refractivity contribution < 1.29 is 9.31 Å². The van der Waals surface area contributed by atoms with Crippen LogP contribution in [-0.4, -0.2) is 4.92 Å². The van der Waals surface area contributed by atoms with Gasteiger partial charge in [-0.1, -0.05) is 6.07 Å². The Balaban J connectivity index is 3.42. The highest BCUT2D eigenvalue weighted by Crippen LogP contribution is 2.27. The zero-order valence-corrected chi connectivity index (χ0v) is 8.32. The van der Waals surface area contributed by atoms with Gasteiger partial charge in [0, 0.05) is 11.6 Å². The zero-order chi connectivity index (χ0) is 11.6. The first-order valence-corrected chi connectivity index (χ1v) is 4.31. The van der Waals surface area contributed by atoms with Gasteiger partial charge in [-0.05, 0) is 19.4 Å². The molecule has 0 fully saturated rings. The molecule has 0 aliphatic heterocycles. The minimum Gasteiger partial charge on any atom is -0.258 e. The van der Waals surface area contributed by atoms with E-state index in [0.29, 0.717) is 5.56 Å². The van der Waals surface area contributed by atoms with Gasteiger partial charge in [0.1, 0.15) is 0 Å². The molecule has 5 heteroatoms. The third kappa shape index (κ3) is 2.10. The quantitative estimate of drug-likeness (QED) is 0.554. The summed E-state index contributed by atoms with van der Waals surface area (Å²) in [6.45, 7) is 3.13. The lowest BCUT2D eigenvalue weighted by atomic mass is 9.99. The highest BCUT2D eigenvalue weighted by Gasteiger charge is 2.21. The number of hydrogen-bond acceptors (Lipinski definition) is 3. The number of halogens is 1. The van der Waals surface area contributed by atoms with Crippen LogP contribution in [0.25, 0.3) is 0 Å². The molecular weight excluding hydrogens is 199 g/mol. The van der Waals surface area contributed by atoms with Crippen LogP contribution in [0.2, 0.25) is 0 Å². The minimum absolute atomic E-state index is 0.0733. The van der Waals surface area contributed by atoms with Crippen LogP contribution in [-0.2, 0) is 0 Å². The van der Waals surface area contributed by atoms with Gasteiger partial charge in [0.25, 0.3) is 0 Å². The maximum Gasteiger partial charge on any atom is 0.305 e. The number of nitro groups is 1. The van der Waals surface area contributed by atoms with Crippen molar-refractivity contribution in [2.45, 2.75) is 19.8 Å². The molecule has 1 aromatic carbocycles. The Morgan fingerprint density at radius 2 is 2.20 bits per heavy atom. The molecule has 15 heavy (non-hydrogen) atoms. The Kier molecular flexibility index (Phi) is 3.00. The molecule has 0 heterocycles. The maximum absolute atomic E-state index is 13.5. The molecule has 0 aromatic heterocycles. The third-order valence-electron chi connectivity index (χ3n) is 2.08. The molecular formula is C10H9FN2O2. The number of nitrogens with zero attached hydrogens (tertiary/aromatic N) is 2. The van der Waals surface area contributed by atoms with Crippen molar-refractivity contribution in [3.8, 4) is 6.07 Å². The molecule has 0 saturated carbocycles. The van der Waals surface area contributed by atoms with E-state index in [1.54, 1.807) is 6.92 Å². The van der Waals surface area contributed by atoms with Gasteiger partial charge in [-0.3, -0.25) is 10.1 Å². The van der Waals surface area contributed by atoms with Gasteiger partial charge in [-0.25, -0.2) is 0 Å². The summed E-state index contributed by atoms with van der Waals surface area (Å²) in [7, 11) is 0. The molecule has 0 N–H and O–H groups in total. The largest absolute Gasteiger partial charge is 0.305 e. The Morgan fingerprint density at radius 1 is 1.60 bits per heavy atom. The number of hydrogen-bond donors (Lipinski definition) is 0. The fraction of sp³-hybridized carbons (Fsp3) is 0.300. The van der Waals surface area contributed by atoms with Crippen molar-refractivity contribution in [3.05, 3.63) is 39.2 Å². The summed E-state index contributed by atoms with van der Waals surface area (Å²) in [5.41, 5.74) is 0.0662. The SMILES string of the molecule is Cc1cc(C(C)C#N)c(F)c([N+](=O)[O-])c1. The van der Waals surface area contributed by atoms with Crippen LogP contribution >= 0.6 is 0 Å². The van der Waals surface area contributed by atoms with E-state index in [2.05, 4.69) is 0 Å². The molecule has 1 atom stereocenters. The summed E-state index contributed by atoms with van der Waals surface area (Å²) in [5.74, 6) is -1.61. The lowest BCUT2D eigenvalue weighted by molar-refractivity contribution is -0.387. The van der Waals surface area contributed by atoms with Crippen molar-refractivity contribution in [2.24, 2.45) is 0 Å². The van der Waals surface area contributed by atoms with Gasteiger partial charge in [-0.2, -0.15) is 9.65 Å². The van der Waals surface area contributed by atoms with Crippen LogP contribution in [0.4, 0.5) is 10.1 Å². The molecule has 1 unspecified atom stereocenters.